The van der Waals surface area contributed by atoms with E-state index in [9.17, 15) is 9.59 Å². The van der Waals surface area contributed by atoms with Crippen molar-refractivity contribution in [1.29, 1.82) is 0 Å². The molecule has 0 aromatic carbocycles. The van der Waals surface area contributed by atoms with Gasteiger partial charge in [-0.05, 0) is 43.1 Å². The summed E-state index contributed by atoms with van der Waals surface area (Å²) in [6.07, 6.45) is 12.8. The van der Waals surface area contributed by atoms with Crippen molar-refractivity contribution in [3.05, 3.63) is 23.8 Å². The third kappa shape index (κ3) is 7.59. The van der Waals surface area contributed by atoms with Gasteiger partial charge >= 0.3 is 11.9 Å². The van der Waals surface area contributed by atoms with E-state index >= 15 is 0 Å². The number of nitrogens with two attached hydrogens (primary N) is 1. The minimum atomic E-state index is -0.706. The van der Waals surface area contributed by atoms with Crippen LogP contribution in [0.1, 0.15) is 72.6 Å². The zero-order valence-corrected chi connectivity index (χ0v) is 18.4. The summed E-state index contributed by atoms with van der Waals surface area (Å²) in [5, 5.41) is 17.0. The highest BCUT2D eigenvalue weighted by molar-refractivity contribution is 5.70. The maximum absolute atomic E-state index is 10.3. The zero-order chi connectivity index (χ0) is 22.0. The van der Waals surface area contributed by atoms with Gasteiger partial charge in [0.05, 0.1) is 25.0 Å². The molecule has 0 saturated carbocycles. The highest BCUT2D eigenvalue weighted by Gasteiger charge is 2.41. The Bertz CT molecular complexity index is 600. The second kappa shape index (κ2) is 12.1. The minimum absolute atomic E-state index is 0.0127. The van der Waals surface area contributed by atoms with Crippen LogP contribution in [0.5, 0.6) is 0 Å². The quantitative estimate of drug-likeness (QED) is 0.611. The van der Waals surface area contributed by atoms with Crippen molar-refractivity contribution in [2.75, 3.05) is 6.61 Å². The second-order valence-corrected chi connectivity index (χ2v) is 8.34. The number of carboxylic acid groups (broad SMARTS) is 1. The number of aliphatic carboxylic acids is 1. The van der Waals surface area contributed by atoms with Crippen LogP contribution in [0.15, 0.2) is 23.8 Å². The standard InChI is InChI=1S/C13H21N.C5H8O3.C5H10O2/c1-3-12-10(2)7-8-11-6-4-5-9-13(11,12)14;6-4-1-2-8-5(7)3-4;1-3-4(2)5(6)7/h6-8,10,12H,3-5,9,14H2,1-2H3;4,6H,1-3H2;4H,3H2,1-2H3,(H,6,7). The van der Waals surface area contributed by atoms with E-state index in [-0.39, 0.29) is 23.8 Å². The smallest absolute Gasteiger partial charge is 0.308 e. The molecule has 166 valence electrons. The summed E-state index contributed by atoms with van der Waals surface area (Å²) in [6.45, 7) is 8.49. The van der Waals surface area contributed by atoms with Crippen molar-refractivity contribution >= 4 is 11.9 Å². The molecule has 0 spiro atoms. The molecule has 0 bridgehead atoms. The van der Waals surface area contributed by atoms with Crippen LogP contribution in [0, 0.1) is 17.8 Å². The Balaban J connectivity index is 0.000000240. The van der Waals surface area contributed by atoms with Gasteiger partial charge in [0.15, 0.2) is 0 Å². The van der Waals surface area contributed by atoms with Crippen LogP contribution in [-0.2, 0) is 14.3 Å². The Kier molecular flexibility index (Phi) is 10.6. The Morgan fingerprint density at radius 3 is 2.55 bits per heavy atom. The van der Waals surface area contributed by atoms with Crippen molar-refractivity contribution in [2.45, 2.75) is 84.3 Å². The lowest BCUT2D eigenvalue weighted by Gasteiger charge is -2.45. The number of hydrogen-bond donors (Lipinski definition) is 3. The number of cyclic esters (lactones) is 1. The van der Waals surface area contributed by atoms with E-state index in [1.807, 2.05) is 6.92 Å². The molecule has 0 aromatic rings. The Morgan fingerprint density at radius 2 is 2.10 bits per heavy atom. The summed E-state index contributed by atoms with van der Waals surface area (Å²) in [5.41, 5.74) is 7.97. The largest absolute Gasteiger partial charge is 0.481 e. The van der Waals surface area contributed by atoms with Gasteiger partial charge in [-0.2, -0.15) is 0 Å². The average molecular weight is 410 g/mol. The average Bonchev–Trinajstić information content (AvgIpc) is 2.67. The van der Waals surface area contributed by atoms with Gasteiger partial charge < -0.3 is 20.7 Å². The number of hydrogen-bond acceptors (Lipinski definition) is 5. The summed E-state index contributed by atoms with van der Waals surface area (Å²) < 4.78 is 4.55. The minimum Gasteiger partial charge on any atom is -0.481 e. The number of carbonyl (C=O) groups is 2. The molecule has 6 heteroatoms. The van der Waals surface area contributed by atoms with Crippen molar-refractivity contribution in [2.24, 2.45) is 23.5 Å². The maximum atomic E-state index is 10.3. The Labute approximate surface area is 175 Å². The fourth-order valence-electron chi connectivity index (χ4n) is 4.04. The first kappa shape index (κ1) is 25.4. The van der Waals surface area contributed by atoms with Crippen LogP contribution in [0.25, 0.3) is 0 Å². The molecule has 6 nitrogen and oxygen atoms in total. The van der Waals surface area contributed by atoms with E-state index in [4.69, 9.17) is 15.9 Å². The number of esters is 1. The van der Waals surface area contributed by atoms with Crippen LogP contribution in [-0.4, -0.2) is 40.4 Å². The lowest BCUT2D eigenvalue weighted by Crippen LogP contribution is -2.53. The van der Waals surface area contributed by atoms with Gasteiger partial charge in [-0.1, -0.05) is 52.3 Å². The van der Waals surface area contributed by atoms with E-state index < -0.39 is 12.1 Å². The predicted molar refractivity (Wildman–Crippen MR) is 114 cm³/mol. The first-order valence-corrected chi connectivity index (χ1v) is 10.9. The number of rotatable bonds is 3. The van der Waals surface area contributed by atoms with Gasteiger partial charge in [0, 0.05) is 12.0 Å². The molecule has 29 heavy (non-hydrogen) atoms. The first-order valence-electron chi connectivity index (χ1n) is 10.9. The van der Waals surface area contributed by atoms with Gasteiger partial charge in [-0.15, -0.1) is 0 Å². The summed E-state index contributed by atoms with van der Waals surface area (Å²) in [7, 11) is 0. The monoisotopic (exact) mass is 409 g/mol. The van der Waals surface area contributed by atoms with E-state index in [2.05, 4.69) is 36.8 Å². The van der Waals surface area contributed by atoms with Crippen molar-refractivity contribution in [1.82, 2.24) is 0 Å². The first-order chi connectivity index (χ1) is 13.7. The molecule has 1 heterocycles. The molecule has 0 amide bonds. The normalized spacial score (nSPS) is 31.6. The fraction of sp³-hybridized carbons (Fsp3) is 0.739. The lowest BCUT2D eigenvalue weighted by molar-refractivity contribution is -0.151. The third-order valence-corrected chi connectivity index (χ3v) is 6.16. The molecule has 2 aliphatic carbocycles. The number of carboxylic acids is 1. The Hall–Kier alpha value is -1.66. The number of ether oxygens (including phenoxy) is 1. The molecular formula is C23H39NO5. The Morgan fingerprint density at radius 1 is 1.41 bits per heavy atom. The molecular weight excluding hydrogens is 370 g/mol. The second-order valence-electron chi connectivity index (χ2n) is 8.34. The summed E-state index contributed by atoms with van der Waals surface area (Å²) in [4.78, 5) is 20.2. The van der Waals surface area contributed by atoms with Crippen molar-refractivity contribution < 1.29 is 24.5 Å². The predicted octanol–water partition coefficient (Wildman–Crippen LogP) is 3.83. The van der Waals surface area contributed by atoms with Crippen LogP contribution in [0.2, 0.25) is 0 Å². The van der Waals surface area contributed by atoms with E-state index in [0.717, 1.165) is 6.42 Å². The van der Waals surface area contributed by atoms with Gasteiger partial charge in [0.2, 0.25) is 0 Å². The molecule has 1 fully saturated rings. The number of aliphatic hydroxyl groups is 1. The van der Waals surface area contributed by atoms with Crippen LogP contribution >= 0.6 is 0 Å². The van der Waals surface area contributed by atoms with Gasteiger partial charge in [-0.3, -0.25) is 9.59 Å². The van der Waals surface area contributed by atoms with Crippen LogP contribution in [0.3, 0.4) is 0 Å². The number of fused-ring (bicyclic) bond motifs is 1. The van der Waals surface area contributed by atoms with E-state index in [1.54, 1.807) is 6.92 Å². The zero-order valence-electron chi connectivity index (χ0n) is 18.4. The van der Waals surface area contributed by atoms with Crippen molar-refractivity contribution in [3.8, 4) is 0 Å². The molecule has 4 N–H and O–H groups in total. The molecule has 0 aromatic heterocycles. The maximum Gasteiger partial charge on any atom is 0.308 e. The van der Waals surface area contributed by atoms with Crippen LogP contribution in [0.4, 0.5) is 0 Å². The molecule has 3 rings (SSSR count). The molecule has 5 unspecified atom stereocenters. The molecule has 1 aliphatic heterocycles. The number of allylic oxidation sites excluding steroid dienone is 2. The van der Waals surface area contributed by atoms with Gasteiger partial charge in [-0.25, -0.2) is 0 Å². The number of carbonyl (C=O) groups excluding carboxylic acids is 1. The van der Waals surface area contributed by atoms with Crippen LogP contribution < -0.4 is 5.73 Å². The van der Waals surface area contributed by atoms with E-state index in [0.29, 0.717) is 24.9 Å². The van der Waals surface area contributed by atoms with Gasteiger partial charge in [0.1, 0.15) is 0 Å². The molecule has 5 atom stereocenters. The van der Waals surface area contributed by atoms with Crippen molar-refractivity contribution in [3.63, 3.8) is 0 Å². The highest BCUT2D eigenvalue weighted by Crippen LogP contribution is 2.43. The highest BCUT2D eigenvalue weighted by atomic mass is 16.5. The number of aliphatic hydroxyl groups excluding tert-OH is 1. The topological polar surface area (TPSA) is 110 Å². The summed E-state index contributed by atoms with van der Waals surface area (Å²) in [5.74, 6) is 0.102. The third-order valence-electron chi connectivity index (χ3n) is 6.16. The van der Waals surface area contributed by atoms with Gasteiger partial charge in [0.25, 0.3) is 0 Å². The van der Waals surface area contributed by atoms with E-state index in [1.165, 1.54) is 31.3 Å². The lowest BCUT2D eigenvalue weighted by atomic mass is 9.63. The summed E-state index contributed by atoms with van der Waals surface area (Å²) >= 11 is 0. The molecule has 1 saturated heterocycles. The fourth-order valence-corrected chi connectivity index (χ4v) is 4.04. The molecule has 0 radical (unpaired) electrons. The summed E-state index contributed by atoms with van der Waals surface area (Å²) in [6, 6.07) is 0. The molecule has 3 aliphatic rings. The SMILES string of the molecule is CCC(C)C(=O)O.CCC1C(C)C=CC2=CCCCC21N.O=C1CC(O)CCO1.